The summed E-state index contributed by atoms with van der Waals surface area (Å²) in [7, 11) is 0.511. The van der Waals surface area contributed by atoms with Gasteiger partial charge < -0.3 is 19.6 Å². The van der Waals surface area contributed by atoms with Crippen molar-refractivity contribution in [1.82, 2.24) is 9.21 Å². The van der Waals surface area contributed by atoms with Crippen molar-refractivity contribution in [2.45, 2.75) is 23.8 Å². The molecule has 1 N–H and O–H groups in total. The number of likely N-dealkylation sites (tertiary alicyclic amines) is 1. The first-order valence-electron chi connectivity index (χ1n) is 11.8. The highest BCUT2D eigenvalue weighted by Crippen LogP contribution is 2.53. The maximum Gasteiger partial charge on any atom is 0.296 e. The van der Waals surface area contributed by atoms with Crippen molar-refractivity contribution in [2.24, 2.45) is 0 Å². The van der Waals surface area contributed by atoms with Gasteiger partial charge in [0.25, 0.3) is 17.6 Å². The SMILES string of the molecule is CCCN1C(=O)C2(/C(=C(/O)c3ccc(S(=O)(=O)N(C)C)cc3)C(=O)C(=O)N2CCOC)c2ccccc21. The Morgan fingerprint density at radius 3 is 2.27 bits per heavy atom. The minimum atomic E-state index is -3.73. The van der Waals surface area contributed by atoms with Gasteiger partial charge in [0.15, 0.2) is 5.54 Å². The third-order valence-corrected chi connectivity index (χ3v) is 8.51. The van der Waals surface area contributed by atoms with Gasteiger partial charge in [-0.05, 0) is 36.8 Å². The summed E-state index contributed by atoms with van der Waals surface area (Å²) in [6.07, 6.45) is 0.628. The number of carbonyl (C=O) groups excluding carboxylic acids is 3. The number of fused-ring (bicyclic) bond motifs is 2. The lowest BCUT2D eigenvalue weighted by Crippen LogP contribution is -2.52. The second-order valence-corrected chi connectivity index (χ2v) is 11.2. The normalized spacial score (nSPS) is 20.9. The van der Waals surface area contributed by atoms with E-state index in [4.69, 9.17) is 4.74 Å². The lowest BCUT2D eigenvalue weighted by Gasteiger charge is -2.34. The molecule has 0 radical (unpaired) electrons. The second kappa shape index (κ2) is 9.73. The number of methoxy groups -OCH3 is 1. The first kappa shape index (κ1) is 26.5. The molecule has 2 aliphatic heterocycles. The smallest absolute Gasteiger partial charge is 0.296 e. The van der Waals surface area contributed by atoms with Crippen molar-refractivity contribution in [1.29, 1.82) is 0 Å². The molecule has 0 aromatic heterocycles. The van der Waals surface area contributed by atoms with Crippen molar-refractivity contribution in [2.75, 3.05) is 45.8 Å². The van der Waals surface area contributed by atoms with E-state index in [-0.39, 0.29) is 29.2 Å². The third kappa shape index (κ3) is 3.85. The summed E-state index contributed by atoms with van der Waals surface area (Å²) >= 11 is 0. The zero-order valence-electron chi connectivity index (χ0n) is 21.1. The van der Waals surface area contributed by atoms with Gasteiger partial charge in [-0.15, -0.1) is 0 Å². The largest absolute Gasteiger partial charge is 0.507 e. The van der Waals surface area contributed by atoms with Crippen LogP contribution in [0.5, 0.6) is 0 Å². The maximum atomic E-state index is 14.2. The number of amides is 2. The van der Waals surface area contributed by atoms with Gasteiger partial charge in [0.05, 0.1) is 22.8 Å². The quantitative estimate of drug-likeness (QED) is 0.316. The summed E-state index contributed by atoms with van der Waals surface area (Å²) < 4.78 is 31.2. The highest BCUT2D eigenvalue weighted by Gasteiger charge is 2.66. The average Bonchev–Trinajstić information content (AvgIpc) is 3.26. The van der Waals surface area contributed by atoms with Gasteiger partial charge in [0.2, 0.25) is 10.0 Å². The van der Waals surface area contributed by atoms with Gasteiger partial charge in [-0.3, -0.25) is 14.4 Å². The number of hydrogen-bond acceptors (Lipinski definition) is 7. The number of anilines is 1. The summed E-state index contributed by atoms with van der Waals surface area (Å²) in [5, 5.41) is 11.5. The van der Waals surface area contributed by atoms with Crippen LogP contribution in [0.25, 0.3) is 5.76 Å². The summed E-state index contributed by atoms with van der Waals surface area (Å²) in [5.41, 5.74) is -1.17. The van der Waals surface area contributed by atoms with Crippen molar-refractivity contribution in [3.63, 3.8) is 0 Å². The molecule has 2 heterocycles. The Morgan fingerprint density at radius 1 is 1.03 bits per heavy atom. The molecule has 0 aliphatic carbocycles. The number of aliphatic hydroxyl groups is 1. The van der Waals surface area contributed by atoms with E-state index in [1.807, 2.05) is 6.92 Å². The zero-order chi connectivity index (χ0) is 27.1. The van der Waals surface area contributed by atoms with Crippen LogP contribution in [0.2, 0.25) is 0 Å². The van der Waals surface area contributed by atoms with Gasteiger partial charge in [-0.2, -0.15) is 0 Å². The second-order valence-electron chi connectivity index (χ2n) is 9.00. The molecule has 0 saturated carbocycles. The van der Waals surface area contributed by atoms with Crippen molar-refractivity contribution in [3.8, 4) is 0 Å². The Morgan fingerprint density at radius 2 is 1.68 bits per heavy atom. The van der Waals surface area contributed by atoms with Crippen LogP contribution in [-0.2, 0) is 34.7 Å². The predicted octanol–water partition coefficient (Wildman–Crippen LogP) is 1.92. The first-order chi connectivity index (χ1) is 17.5. The fraction of sp³-hybridized carbons (Fsp3) is 0.346. The van der Waals surface area contributed by atoms with Crippen molar-refractivity contribution in [3.05, 3.63) is 65.2 Å². The highest BCUT2D eigenvalue weighted by atomic mass is 32.2. The van der Waals surface area contributed by atoms with Crippen LogP contribution in [-0.4, -0.2) is 81.2 Å². The summed E-state index contributed by atoms with van der Waals surface area (Å²) in [6, 6.07) is 12.2. The molecule has 2 amide bonds. The third-order valence-electron chi connectivity index (χ3n) is 6.68. The molecule has 196 valence electrons. The minimum absolute atomic E-state index is 0.0132. The zero-order valence-corrected chi connectivity index (χ0v) is 21.9. The number of hydrogen-bond donors (Lipinski definition) is 1. The van der Waals surface area contributed by atoms with Crippen LogP contribution in [0.4, 0.5) is 5.69 Å². The van der Waals surface area contributed by atoms with Gasteiger partial charge in [-0.1, -0.05) is 25.1 Å². The van der Waals surface area contributed by atoms with Crippen molar-refractivity contribution >= 4 is 39.1 Å². The molecule has 0 bridgehead atoms. The van der Waals surface area contributed by atoms with Gasteiger partial charge in [0, 0.05) is 45.4 Å². The molecular formula is C26H29N3O7S. The standard InChI is InChI=1S/C26H29N3O7S/c1-5-14-28-20-9-7-6-8-19(20)26(25(28)33)21(23(31)24(32)29(26)15-16-36-4)22(30)17-10-12-18(13-11-17)37(34,35)27(2)3/h6-13,30H,5,14-16H2,1-4H3/b22-21+. The molecule has 2 aromatic rings. The molecule has 10 nitrogen and oxygen atoms in total. The Labute approximate surface area is 215 Å². The van der Waals surface area contributed by atoms with E-state index in [1.54, 1.807) is 24.3 Å². The van der Waals surface area contributed by atoms with E-state index in [2.05, 4.69) is 0 Å². The van der Waals surface area contributed by atoms with E-state index >= 15 is 0 Å². The van der Waals surface area contributed by atoms with E-state index in [0.29, 0.717) is 24.2 Å². The van der Waals surface area contributed by atoms with Crippen LogP contribution in [0.1, 0.15) is 24.5 Å². The molecule has 1 saturated heterocycles. The number of ketones is 1. The molecule has 11 heteroatoms. The first-order valence-corrected chi connectivity index (χ1v) is 13.2. The number of nitrogens with zero attached hydrogens (tertiary/aromatic N) is 3. The Balaban J connectivity index is 1.99. The number of Topliss-reactive ketones (excluding diaryl/α,β-unsaturated/α-hetero) is 1. The highest BCUT2D eigenvalue weighted by molar-refractivity contribution is 7.89. The van der Waals surface area contributed by atoms with Crippen LogP contribution in [0.15, 0.2) is 59.0 Å². The summed E-state index contributed by atoms with van der Waals surface area (Å²) in [5.74, 6) is -3.00. The van der Waals surface area contributed by atoms with Crippen LogP contribution >= 0.6 is 0 Å². The molecule has 4 rings (SSSR count). The fourth-order valence-electron chi connectivity index (χ4n) is 4.93. The minimum Gasteiger partial charge on any atom is -0.507 e. The number of ether oxygens (including phenoxy) is 1. The summed E-state index contributed by atoms with van der Waals surface area (Å²) in [4.78, 5) is 43.6. The van der Waals surface area contributed by atoms with Gasteiger partial charge in [-0.25, -0.2) is 12.7 Å². The molecule has 1 unspecified atom stereocenters. The Bertz CT molecular complexity index is 1400. The number of benzene rings is 2. The van der Waals surface area contributed by atoms with E-state index in [1.165, 1.54) is 55.3 Å². The number of para-hydroxylation sites is 1. The fourth-order valence-corrected chi connectivity index (χ4v) is 5.84. The van der Waals surface area contributed by atoms with Gasteiger partial charge in [0.1, 0.15) is 5.76 Å². The molecule has 1 fully saturated rings. The topological polar surface area (TPSA) is 125 Å². The molecular weight excluding hydrogens is 498 g/mol. The number of carbonyl (C=O) groups is 3. The van der Waals surface area contributed by atoms with Crippen LogP contribution < -0.4 is 4.90 Å². The van der Waals surface area contributed by atoms with Crippen molar-refractivity contribution < 1.29 is 32.6 Å². The Kier molecular flexibility index (Phi) is 6.97. The van der Waals surface area contributed by atoms with Crippen LogP contribution in [0.3, 0.4) is 0 Å². The molecule has 1 spiro atoms. The molecule has 1 atom stereocenters. The van der Waals surface area contributed by atoms with E-state index in [9.17, 15) is 27.9 Å². The lowest BCUT2D eigenvalue weighted by atomic mass is 9.82. The van der Waals surface area contributed by atoms with Crippen LogP contribution in [0, 0.1) is 0 Å². The Hall–Kier alpha value is -3.54. The number of rotatable bonds is 8. The molecule has 2 aromatic carbocycles. The maximum absolute atomic E-state index is 14.2. The predicted molar refractivity (Wildman–Crippen MR) is 136 cm³/mol. The average molecular weight is 528 g/mol. The lowest BCUT2D eigenvalue weighted by molar-refractivity contribution is -0.144. The monoisotopic (exact) mass is 527 g/mol. The number of sulfonamides is 1. The molecule has 37 heavy (non-hydrogen) atoms. The molecule has 2 aliphatic rings. The van der Waals surface area contributed by atoms with E-state index < -0.39 is 38.9 Å². The number of aliphatic hydroxyl groups excluding tert-OH is 1. The van der Waals surface area contributed by atoms with E-state index in [0.717, 1.165) is 4.31 Å². The summed E-state index contributed by atoms with van der Waals surface area (Å²) in [6.45, 7) is 2.27. The van der Waals surface area contributed by atoms with Gasteiger partial charge >= 0.3 is 0 Å².